The number of para-hydroxylation sites is 1. The number of aromatic carboxylic acids is 1. The molecule has 0 aliphatic rings. The van der Waals surface area contributed by atoms with E-state index in [0.29, 0.717) is 11.4 Å². The molecule has 0 radical (unpaired) electrons. The second-order valence-electron chi connectivity index (χ2n) is 3.80. The van der Waals surface area contributed by atoms with Gasteiger partial charge < -0.3 is 15.6 Å². The van der Waals surface area contributed by atoms with E-state index >= 15 is 0 Å². The van der Waals surface area contributed by atoms with Crippen molar-refractivity contribution in [1.29, 1.82) is 0 Å². The van der Waals surface area contributed by atoms with Crippen LogP contribution in [0.2, 0.25) is 0 Å². The van der Waals surface area contributed by atoms with Gasteiger partial charge in [0.2, 0.25) is 0 Å². The maximum Gasteiger partial charge on any atom is 0.339 e. The van der Waals surface area contributed by atoms with Crippen molar-refractivity contribution in [3.63, 3.8) is 0 Å². The summed E-state index contributed by atoms with van der Waals surface area (Å²) in [6, 6.07) is 6.42. The molecule has 1 heterocycles. The lowest BCUT2D eigenvalue weighted by molar-refractivity contribution is 0.0692. The van der Waals surface area contributed by atoms with Gasteiger partial charge in [-0.1, -0.05) is 6.07 Å². The van der Waals surface area contributed by atoms with Crippen molar-refractivity contribution in [2.24, 2.45) is 7.05 Å². The Morgan fingerprint density at radius 3 is 2.89 bits per heavy atom. The second kappa shape index (κ2) is 4.79. The molecular formula is C12H13N3O3. The van der Waals surface area contributed by atoms with Crippen LogP contribution in [0.15, 0.2) is 30.5 Å². The minimum absolute atomic E-state index is 0.0472. The molecule has 94 valence electrons. The third kappa shape index (κ3) is 2.42. The summed E-state index contributed by atoms with van der Waals surface area (Å²) in [5.74, 6) is -0.894. The smallest absolute Gasteiger partial charge is 0.339 e. The van der Waals surface area contributed by atoms with Gasteiger partial charge in [-0.15, -0.1) is 0 Å². The predicted molar refractivity (Wildman–Crippen MR) is 65.4 cm³/mol. The molecular weight excluding hydrogens is 234 g/mol. The molecule has 3 N–H and O–H groups in total. The lowest BCUT2D eigenvalue weighted by atomic mass is 10.2. The maximum atomic E-state index is 11.0. The minimum Gasteiger partial charge on any atom is -0.484 e. The van der Waals surface area contributed by atoms with Crippen molar-refractivity contribution in [3.8, 4) is 5.75 Å². The zero-order valence-electron chi connectivity index (χ0n) is 9.83. The van der Waals surface area contributed by atoms with Crippen molar-refractivity contribution >= 4 is 11.7 Å². The third-order valence-corrected chi connectivity index (χ3v) is 2.41. The number of rotatable bonds is 4. The van der Waals surface area contributed by atoms with Crippen LogP contribution in [0.1, 0.15) is 16.1 Å². The zero-order chi connectivity index (χ0) is 13.1. The third-order valence-electron chi connectivity index (χ3n) is 2.41. The first-order valence-electron chi connectivity index (χ1n) is 5.31. The van der Waals surface area contributed by atoms with Crippen LogP contribution in [-0.2, 0) is 13.7 Å². The lowest BCUT2D eigenvalue weighted by Gasteiger charge is -2.10. The molecule has 0 saturated heterocycles. The van der Waals surface area contributed by atoms with E-state index in [9.17, 15) is 4.79 Å². The fourth-order valence-corrected chi connectivity index (χ4v) is 1.57. The number of benzene rings is 1. The van der Waals surface area contributed by atoms with E-state index in [-0.39, 0.29) is 17.9 Å². The normalized spacial score (nSPS) is 10.3. The molecule has 0 bridgehead atoms. The number of carbonyl (C=O) groups is 1. The highest BCUT2D eigenvalue weighted by molar-refractivity contribution is 5.93. The van der Waals surface area contributed by atoms with Crippen LogP contribution in [0.25, 0.3) is 0 Å². The molecule has 2 rings (SSSR count). The number of carboxylic acids is 1. The van der Waals surface area contributed by atoms with E-state index in [2.05, 4.69) is 5.10 Å². The van der Waals surface area contributed by atoms with Gasteiger partial charge in [0.15, 0.2) is 5.75 Å². The Labute approximate surface area is 104 Å². The standard InChI is InChI=1S/C12H13N3O3/c1-15-6-5-8(14-15)7-18-11-9(12(16)17)3-2-4-10(11)13/h2-6H,7,13H2,1H3,(H,16,17). The summed E-state index contributed by atoms with van der Waals surface area (Å²) >= 11 is 0. The maximum absolute atomic E-state index is 11.0. The van der Waals surface area contributed by atoms with E-state index < -0.39 is 5.97 Å². The Morgan fingerprint density at radius 2 is 2.28 bits per heavy atom. The number of nitrogen functional groups attached to an aromatic ring is 1. The number of nitrogens with two attached hydrogens (primary N) is 1. The van der Waals surface area contributed by atoms with Crippen LogP contribution in [0, 0.1) is 0 Å². The summed E-state index contributed by atoms with van der Waals surface area (Å²) < 4.78 is 7.09. The average Bonchev–Trinajstić information content (AvgIpc) is 2.73. The molecule has 0 spiro atoms. The first-order valence-corrected chi connectivity index (χ1v) is 5.31. The molecule has 1 aromatic heterocycles. The van der Waals surface area contributed by atoms with Gasteiger partial charge in [0.05, 0.1) is 11.4 Å². The summed E-state index contributed by atoms with van der Waals surface area (Å²) in [5.41, 5.74) is 6.76. The molecule has 0 aliphatic heterocycles. The molecule has 1 aromatic carbocycles. The highest BCUT2D eigenvalue weighted by Crippen LogP contribution is 2.27. The van der Waals surface area contributed by atoms with Gasteiger partial charge >= 0.3 is 5.97 Å². The summed E-state index contributed by atoms with van der Waals surface area (Å²) in [7, 11) is 1.79. The van der Waals surface area contributed by atoms with Crippen LogP contribution in [0.4, 0.5) is 5.69 Å². The number of ether oxygens (including phenoxy) is 1. The van der Waals surface area contributed by atoms with Crippen LogP contribution >= 0.6 is 0 Å². The van der Waals surface area contributed by atoms with Crippen molar-refractivity contribution in [2.75, 3.05) is 5.73 Å². The Hall–Kier alpha value is -2.50. The molecule has 2 aromatic rings. The van der Waals surface area contributed by atoms with Gasteiger partial charge in [-0.3, -0.25) is 4.68 Å². The Bertz CT molecular complexity index is 578. The van der Waals surface area contributed by atoms with Gasteiger partial charge in [0, 0.05) is 13.2 Å². The number of hydrogen-bond donors (Lipinski definition) is 2. The molecule has 0 amide bonds. The lowest BCUT2D eigenvalue weighted by Crippen LogP contribution is -2.06. The highest BCUT2D eigenvalue weighted by atomic mass is 16.5. The molecule has 6 heteroatoms. The number of carboxylic acid groups (broad SMARTS) is 1. The van der Waals surface area contributed by atoms with Crippen molar-refractivity contribution < 1.29 is 14.6 Å². The Kier molecular flexibility index (Phi) is 3.18. The van der Waals surface area contributed by atoms with Crippen LogP contribution < -0.4 is 10.5 Å². The topological polar surface area (TPSA) is 90.4 Å². The van der Waals surface area contributed by atoms with Crippen molar-refractivity contribution in [3.05, 3.63) is 41.7 Å². The first kappa shape index (κ1) is 12.0. The van der Waals surface area contributed by atoms with E-state index in [0.717, 1.165) is 0 Å². The number of hydrogen-bond acceptors (Lipinski definition) is 4. The van der Waals surface area contributed by atoms with Crippen LogP contribution in [0.3, 0.4) is 0 Å². The highest BCUT2D eigenvalue weighted by Gasteiger charge is 2.14. The Balaban J connectivity index is 2.20. The molecule has 0 atom stereocenters. The monoisotopic (exact) mass is 247 g/mol. The van der Waals surface area contributed by atoms with Gasteiger partial charge in [0.1, 0.15) is 12.2 Å². The van der Waals surface area contributed by atoms with E-state index in [1.54, 1.807) is 36.1 Å². The van der Waals surface area contributed by atoms with Crippen molar-refractivity contribution in [1.82, 2.24) is 9.78 Å². The quantitative estimate of drug-likeness (QED) is 0.794. The molecule has 0 fully saturated rings. The van der Waals surface area contributed by atoms with E-state index in [1.807, 2.05) is 0 Å². The number of anilines is 1. The second-order valence-corrected chi connectivity index (χ2v) is 3.80. The predicted octanol–water partition coefficient (Wildman–Crippen LogP) is 1.28. The fraction of sp³-hybridized carbons (Fsp3) is 0.167. The molecule has 0 saturated carbocycles. The van der Waals surface area contributed by atoms with Crippen molar-refractivity contribution in [2.45, 2.75) is 6.61 Å². The summed E-state index contributed by atoms with van der Waals surface area (Å²) in [6.45, 7) is 0.176. The molecule has 0 aliphatic carbocycles. The largest absolute Gasteiger partial charge is 0.484 e. The minimum atomic E-state index is -1.07. The van der Waals surface area contributed by atoms with Gasteiger partial charge in [-0.05, 0) is 18.2 Å². The SMILES string of the molecule is Cn1ccc(COc2c(N)cccc2C(=O)O)n1. The fourth-order valence-electron chi connectivity index (χ4n) is 1.57. The van der Waals surface area contributed by atoms with E-state index in [1.165, 1.54) is 6.07 Å². The molecule has 18 heavy (non-hydrogen) atoms. The van der Waals surface area contributed by atoms with E-state index in [4.69, 9.17) is 15.6 Å². The Morgan fingerprint density at radius 1 is 1.50 bits per heavy atom. The summed E-state index contributed by atoms with van der Waals surface area (Å²) in [4.78, 5) is 11.0. The van der Waals surface area contributed by atoms with Gasteiger partial charge in [0.25, 0.3) is 0 Å². The average molecular weight is 247 g/mol. The van der Waals surface area contributed by atoms with Gasteiger partial charge in [-0.2, -0.15) is 5.10 Å². The van der Waals surface area contributed by atoms with Crippen LogP contribution in [0.5, 0.6) is 5.75 Å². The molecule has 0 unspecified atom stereocenters. The number of aromatic nitrogens is 2. The number of aryl methyl sites for hydroxylation is 1. The van der Waals surface area contributed by atoms with Gasteiger partial charge in [-0.25, -0.2) is 4.79 Å². The zero-order valence-corrected chi connectivity index (χ0v) is 9.83. The number of nitrogens with zero attached hydrogens (tertiary/aromatic N) is 2. The van der Waals surface area contributed by atoms with Crippen LogP contribution in [-0.4, -0.2) is 20.9 Å². The first-order chi connectivity index (χ1) is 8.58. The summed E-state index contributed by atoms with van der Waals surface area (Å²) in [6.07, 6.45) is 1.78. The summed E-state index contributed by atoms with van der Waals surface area (Å²) in [5, 5.41) is 13.2. The molecule has 6 nitrogen and oxygen atoms in total.